The summed E-state index contributed by atoms with van der Waals surface area (Å²) in [4.78, 5) is 0. The molecule has 2 unspecified atom stereocenters. The van der Waals surface area contributed by atoms with Crippen LogP contribution in [-0.2, 0) is 37.9 Å². The summed E-state index contributed by atoms with van der Waals surface area (Å²) < 4.78 is 43.5. The molecular weight excluding hydrogens is 472 g/mol. The highest BCUT2D eigenvalue weighted by Gasteiger charge is 2.30. The molecule has 0 aliphatic heterocycles. The third-order valence-corrected chi connectivity index (χ3v) is 5.35. The van der Waals surface area contributed by atoms with Gasteiger partial charge in [0.2, 0.25) is 0 Å². The van der Waals surface area contributed by atoms with Crippen molar-refractivity contribution in [2.75, 3.05) is 99.1 Å². The zero-order valence-corrected chi connectivity index (χ0v) is 22.2. The molecule has 212 valence electrons. The SMILES string of the molecule is CCC1=CC(CC)(OC(O)COCCOCCOCCOCCOCCOCCOCCO)CC=C1. The molecule has 1 aliphatic carbocycles. The van der Waals surface area contributed by atoms with Gasteiger partial charge in [-0.2, -0.15) is 0 Å². The fourth-order valence-corrected chi connectivity index (χ4v) is 3.36. The topological polar surface area (TPSA) is 114 Å². The Labute approximate surface area is 216 Å². The fourth-order valence-electron chi connectivity index (χ4n) is 3.36. The lowest BCUT2D eigenvalue weighted by Crippen LogP contribution is -2.37. The lowest BCUT2D eigenvalue weighted by Gasteiger charge is -2.34. The molecule has 0 saturated carbocycles. The summed E-state index contributed by atoms with van der Waals surface area (Å²) in [6.07, 6.45) is 7.86. The molecular formula is C26H48O10. The summed E-state index contributed by atoms with van der Waals surface area (Å²) in [6, 6.07) is 0. The molecule has 36 heavy (non-hydrogen) atoms. The second kappa shape index (κ2) is 23.2. The van der Waals surface area contributed by atoms with Crippen molar-refractivity contribution in [3.63, 3.8) is 0 Å². The van der Waals surface area contributed by atoms with Crippen molar-refractivity contribution in [3.05, 3.63) is 23.8 Å². The van der Waals surface area contributed by atoms with Crippen molar-refractivity contribution in [1.82, 2.24) is 0 Å². The van der Waals surface area contributed by atoms with Crippen molar-refractivity contribution in [2.45, 2.75) is 45.0 Å². The summed E-state index contributed by atoms with van der Waals surface area (Å²) in [5.41, 5.74) is 0.767. The number of aliphatic hydroxyl groups is 2. The van der Waals surface area contributed by atoms with Crippen molar-refractivity contribution in [2.24, 2.45) is 0 Å². The van der Waals surface area contributed by atoms with Crippen LogP contribution < -0.4 is 0 Å². The highest BCUT2D eigenvalue weighted by atomic mass is 16.6. The van der Waals surface area contributed by atoms with Crippen molar-refractivity contribution >= 4 is 0 Å². The van der Waals surface area contributed by atoms with E-state index in [1.165, 1.54) is 5.57 Å². The van der Waals surface area contributed by atoms with Crippen LogP contribution in [0.4, 0.5) is 0 Å². The monoisotopic (exact) mass is 520 g/mol. The van der Waals surface area contributed by atoms with E-state index >= 15 is 0 Å². The summed E-state index contributed by atoms with van der Waals surface area (Å²) >= 11 is 0. The normalized spacial score (nSPS) is 18.5. The van der Waals surface area contributed by atoms with E-state index in [-0.39, 0.29) is 13.2 Å². The van der Waals surface area contributed by atoms with Gasteiger partial charge < -0.3 is 48.1 Å². The van der Waals surface area contributed by atoms with Crippen LogP contribution in [0.5, 0.6) is 0 Å². The molecule has 2 N–H and O–H groups in total. The lowest BCUT2D eigenvalue weighted by molar-refractivity contribution is -0.193. The van der Waals surface area contributed by atoms with Crippen LogP contribution in [0.3, 0.4) is 0 Å². The number of allylic oxidation sites excluding steroid dienone is 2. The average molecular weight is 521 g/mol. The molecule has 0 saturated heterocycles. The van der Waals surface area contributed by atoms with Gasteiger partial charge >= 0.3 is 0 Å². The van der Waals surface area contributed by atoms with Gasteiger partial charge in [-0.25, -0.2) is 0 Å². The average Bonchev–Trinajstić information content (AvgIpc) is 2.89. The Kier molecular flexibility index (Phi) is 21.4. The van der Waals surface area contributed by atoms with Gasteiger partial charge in [0.25, 0.3) is 0 Å². The van der Waals surface area contributed by atoms with Gasteiger partial charge in [-0.05, 0) is 30.9 Å². The van der Waals surface area contributed by atoms with E-state index in [1.807, 2.05) is 0 Å². The Hall–Kier alpha value is -0.920. The molecule has 0 aromatic carbocycles. The molecule has 2 atom stereocenters. The van der Waals surface area contributed by atoms with E-state index in [2.05, 4.69) is 32.1 Å². The first-order valence-electron chi connectivity index (χ1n) is 13.0. The smallest absolute Gasteiger partial charge is 0.179 e. The quantitative estimate of drug-likeness (QED) is 0.129. The maximum absolute atomic E-state index is 10.2. The van der Waals surface area contributed by atoms with Gasteiger partial charge in [-0.1, -0.05) is 26.0 Å². The largest absolute Gasteiger partial charge is 0.394 e. The van der Waals surface area contributed by atoms with Crippen LogP contribution in [-0.4, -0.2) is 121 Å². The third-order valence-electron chi connectivity index (χ3n) is 5.35. The van der Waals surface area contributed by atoms with Crippen LogP contribution in [0.2, 0.25) is 0 Å². The zero-order chi connectivity index (χ0) is 26.2. The minimum Gasteiger partial charge on any atom is -0.394 e. The number of ether oxygens (including phenoxy) is 8. The van der Waals surface area contributed by atoms with Crippen LogP contribution in [0, 0.1) is 0 Å². The van der Waals surface area contributed by atoms with Crippen LogP contribution in [0.1, 0.15) is 33.1 Å². The number of hydrogen-bond acceptors (Lipinski definition) is 10. The number of hydrogen-bond donors (Lipinski definition) is 2. The Morgan fingerprint density at radius 1 is 0.722 bits per heavy atom. The van der Waals surface area contributed by atoms with E-state index < -0.39 is 11.9 Å². The predicted molar refractivity (Wildman–Crippen MR) is 135 cm³/mol. The van der Waals surface area contributed by atoms with Crippen LogP contribution in [0.15, 0.2) is 23.8 Å². The molecule has 10 nitrogen and oxygen atoms in total. The first-order valence-corrected chi connectivity index (χ1v) is 13.0. The summed E-state index contributed by atoms with van der Waals surface area (Å²) in [7, 11) is 0. The van der Waals surface area contributed by atoms with Gasteiger partial charge in [0.1, 0.15) is 0 Å². The number of aliphatic hydroxyl groups excluding tert-OH is 2. The molecule has 10 heteroatoms. The maximum Gasteiger partial charge on any atom is 0.179 e. The van der Waals surface area contributed by atoms with E-state index in [0.29, 0.717) is 85.9 Å². The molecule has 0 aromatic heterocycles. The van der Waals surface area contributed by atoms with Crippen LogP contribution in [0.25, 0.3) is 0 Å². The lowest BCUT2D eigenvalue weighted by atomic mass is 9.88. The minimum absolute atomic E-state index is 0.0249. The van der Waals surface area contributed by atoms with E-state index in [4.69, 9.17) is 43.0 Å². The van der Waals surface area contributed by atoms with Gasteiger partial charge in [-0.15, -0.1) is 0 Å². The van der Waals surface area contributed by atoms with Crippen molar-refractivity contribution < 1.29 is 48.1 Å². The molecule has 1 aliphatic rings. The Morgan fingerprint density at radius 3 is 1.58 bits per heavy atom. The molecule has 1 rings (SSSR count). The summed E-state index contributed by atoms with van der Waals surface area (Å²) in [5, 5.41) is 18.8. The third kappa shape index (κ3) is 17.5. The van der Waals surface area contributed by atoms with Gasteiger partial charge in [0.15, 0.2) is 6.29 Å². The van der Waals surface area contributed by atoms with Gasteiger partial charge in [-0.3, -0.25) is 0 Å². The maximum atomic E-state index is 10.2. The van der Waals surface area contributed by atoms with Crippen molar-refractivity contribution in [1.29, 1.82) is 0 Å². The molecule has 0 heterocycles. The Balaban J connectivity index is 1.82. The first kappa shape index (κ1) is 33.1. The number of rotatable bonds is 26. The summed E-state index contributed by atoms with van der Waals surface area (Å²) in [6.45, 7) is 10.3. The van der Waals surface area contributed by atoms with Gasteiger partial charge in [0.05, 0.1) is 105 Å². The van der Waals surface area contributed by atoms with Gasteiger partial charge in [0, 0.05) is 0 Å². The predicted octanol–water partition coefficient (Wildman–Crippen LogP) is 1.88. The Bertz CT molecular complexity index is 557. The van der Waals surface area contributed by atoms with E-state index in [0.717, 1.165) is 19.3 Å². The molecule has 0 aromatic rings. The van der Waals surface area contributed by atoms with Crippen molar-refractivity contribution in [3.8, 4) is 0 Å². The van der Waals surface area contributed by atoms with E-state index in [1.54, 1.807) is 0 Å². The second-order valence-corrected chi connectivity index (χ2v) is 8.14. The second-order valence-electron chi connectivity index (χ2n) is 8.14. The first-order chi connectivity index (χ1) is 17.7. The standard InChI is InChI=1S/C26H48O10/c1-3-24-6-5-7-26(4-2,22-24)36-25(28)23-35-21-20-34-19-18-33-17-16-32-15-14-31-13-12-30-11-10-29-9-8-27/h5-6,22,25,27-28H,3-4,7-21,23H2,1-2H3. The zero-order valence-electron chi connectivity index (χ0n) is 22.2. The fraction of sp³-hybridized carbons (Fsp3) is 0.846. The van der Waals surface area contributed by atoms with Crippen LogP contribution >= 0.6 is 0 Å². The molecule has 0 bridgehead atoms. The molecule has 0 radical (unpaired) electrons. The highest BCUT2D eigenvalue weighted by Crippen LogP contribution is 2.30. The summed E-state index contributed by atoms with van der Waals surface area (Å²) in [5.74, 6) is 0. The molecule has 0 fully saturated rings. The van der Waals surface area contributed by atoms with E-state index in [9.17, 15) is 5.11 Å². The molecule has 0 spiro atoms. The highest BCUT2D eigenvalue weighted by molar-refractivity contribution is 5.28. The minimum atomic E-state index is -0.976. The Morgan fingerprint density at radius 2 is 1.17 bits per heavy atom. The molecule has 0 amide bonds.